The highest BCUT2D eigenvalue weighted by Crippen LogP contribution is 2.14. The van der Waals surface area contributed by atoms with Gasteiger partial charge >= 0.3 is 0 Å². The Balaban J connectivity index is 2.07. The topological polar surface area (TPSA) is 54.4 Å². The lowest BCUT2D eigenvalue weighted by atomic mass is 10.1. The van der Waals surface area contributed by atoms with Gasteiger partial charge in [-0.1, -0.05) is 6.07 Å². The number of morpholine rings is 1. The number of nitrogens with one attached hydrogen (secondary N) is 1. The largest absolute Gasteiger partial charge is 0.390 e. The lowest BCUT2D eigenvalue weighted by Crippen LogP contribution is -2.34. The number of hydrogen-bond donors (Lipinski definition) is 2. The highest BCUT2D eigenvalue weighted by molar-refractivity contribution is 5.18. The standard InChI is InChI=1S/C10H14N2O2/c13-6-9-2-1-8(5-12-9)10-7-14-4-3-11-10/h1-2,5,10-11,13H,3-4,6-7H2. The molecule has 1 atom stereocenters. The van der Waals surface area contributed by atoms with E-state index in [4.69, 9.17) is 9.84 Å². The Labute approximate surface area is 82.9 Å². The van der Waals surface area contributed by atoms with Gasteiger partial charge < -0.3 is 15.2 Å². The third kappa shape index (κ3) is 2.09. The molecule has 2 heterocycles. The van der Waals surface area contributed by atoms with Crippen molar-refractivity contribution >= 4 is 0 Å². The van der Waals surface area contributed by atoms with Crippen LogP contribution in [0.25, 0.3) is 0 Å². The SMILES string of the molecule is OCc1ccc(C2COCCN2)cn1. The van der Waals surface area contributed by atoms with Crippen molar-refractivity contribution in [3.8, 4) is 0 Å². The molecule has 0 aliphatic carbocycles. The number of aromatic nitrogens is 1. The van der Waals surface area contributed by atoms with Gasteiger partial charge in [-0.15, -0.1) is 0 Å². The molecule has 1 aliphatic heterocycles. The maximum atomic E-state index is 8.84. The maximum Gasteiger partial charge on any atom is 0.0852 e. The molecule has 1 saturated heterocycles. The molecule has 1 unspecified atom stereocenters. The number of rotatable bonds is 2. The Kier molecular flexibility index (Phi) is 3.08. The van der Waals surface area contributed by atoms with Crippen LogP contribution in [0.1, 0.15) is 17.3 Å². The molecule has 0 aromatic carbocycles. The molecule has 1 aliphatic rings. The van der Waals surface area contributed by atoms with Gasteiger partial charge in [0, 0.05) is 12.7 Å². The van der Waals surface area contributed by atoms with Crippen molar-refractivity contribution in [1.82, 2.24) is 10.3 Å². The highest BCUT2D eigenvalue weighted by Gasteiger charge is 2.14. The van der Waals surface area contributed by atoms with Gasteiger partial charge in [0.2, 0.25) is 0 Å². The van der Waals surface area contributed by atoms with Crippen molar-refractivity contribution in [2.24, 2.45) is 0 Å². The minimum atomic E-state index is -0.00508. The zero-order valence-corrected chi connectivity index (χ0v) is 7.94. The summed E-state index contributed by atoms with van der Waals surface area (Å²) in [4.78, 5) is 4.13. The lowest BCUT2D eigenvalue weighted by Gasteiger charge is -2.23. The van der Waals surface area contributed by atoms with Crippen molar-refractivity contribution in [1.29, 1.82) is 0 Å². The van der Waals surface area contributed by atoms with Crippen molar-refractivity contribution in [3.63, 3.8) is 0 Å². The molecular weight excluding hydrogens is 180 g/mol. The number of pyridine rings is 1. The fourth-order valence-electron chi connectivity index (χ4n) is 1.52. The Bertz CT molecular complexity index is 281. The van der Waals surface area contributed by atoms with E-state index >= 15 is 0 Å². The van der Waals surface area contributed by atoms with E-state index < -0.39 is 0 Å². The molecule has 2 rings (SSSR count). The van der Waals surface area contributed by atoms with Gasteiger partial charge in [-0.25, -0.2) is 0 Å². The number of aliphatic hydroxyl groups is 1. The van der Waals surface area contributed by atoms with Gasteiger partial charge in [-0.2, -0.15) is 0 Å². The second-order valence-corrected chi connectivity index (χ2v) is 3.32. The van der Waals surface area contributed by atoms with Gasteiger partial charge in [-0.05, 0) is 11.6 Å². The van der Waals surface area contributed by atoms with E-state index in [0.717, 1.165) is 18.7 Å². The van der Waals surface area contributed by atoms with Crippen LogP contribution < -0.4 is 5.32 Å². The first-order valence-corrected chi connectivity index (χ1v) is 4.77. The summed E-state index contributed by atoms with van der Waals surface area (Å²) < 4.78 is 5.35. The molecule has 0 radical (unpaired) electrons. The van der Waals surface area contributed by atoms with Crippen LogP contribution >= 0.6 is 0 Å². The van der Waals surface area contributed by atoms with E-state index in [2.05, 4.69) is 10.3 Å². The minimum Gasteiger partial charge on any atom is -0.390 e. The van der Waals surface area contributed by atoms with Crippen LogP contribution in [-0.4, -0.2) is 29.8 Å². The van der Waals surface area contributed by atoms with Crippen LogP contribution in [0.5, 0.6) is 0 Å². The number of nitrogens with zero attached hydrogens (tertiary/aromatic N) is 1. The molecule has 1 aromatic rings. The zero-order valence-electron chi connectivity index (χ0n) is 7.94. The average Bonchev–Trinajstić information content (AvgIpc) is 2.30. The molecule has 0 amide bonds. The van der Waals surface area contributed by atoms with E-state index in [9.17, 15) is 0 Å². The van der Waals surface area contributed by atoms with Gasteiger partial charge in [0.25, 0.3) is 0 Å². The Morgan fingerprint density at radius 1 is 1.57 bits per heavy atom. The smallest absolute Gasteiger partial charge is 0.0852 e. The van der Waals surface area contributed by atoms with Gasteiger partial charge in [0.15, 0.2) is 0 Å². The predicted octanol–water partition coefficient (Wildman–Crippen LogP) is 0.235. The molecule has 2 N–H and O–H groups in total. The monoisotopic (exact) mass is 194 g/mol. The summed E-state index contributed by atoms with van der Waals surface area (Å²) in [6.45, 7) is 2.35. The molecular formula is C10H14N2O2. The van der Waals surface area contributed by atoms with E-state index in [1.54, 1.807) is 6.20 Å². The highest BCUT2D eigenvalue weighted by atomic mass is 16.5. The first-order chi connectivity index (χ1) is 6.90. The van der Waals surface area contributed by atoms with E-state index in [0.29, 0.717) is 12.3 Å². The van der Waals surface area contributed by atoms with E-state index in [1.165, 1.54) is 0 Å². The Morgan fingerprint density at radius 2 is 2.50 bits per heavy atom. The first-order valence-electron chi connectivity index (χ1n) is 4.77. The van der Waals surface area contributed by atoms with Crippen LogP contribution in [0.4, 0.5) is 0 Å². The molecule has 76 valence electrons. The number of aliphatic hydroxyl groups excluding tert-OH is 1. The summed E-state index contributed by atoms with van der Waals surface area (Å²) in [6.07, 6.45) is 1.79. The summed E-state index contributed by atoms with van der Waals surface area (Å²) in [5.74, 6) is 0. The van der Waals surface area contributed by atoms with Gasteiger partial charge in [0.05, 0.1) is 31.6 Å². The van der Waals surface area contributed by atoms with Gasteiger partial charge in [-0.3, -0.25) is 4.98 Å². The van der Waals surface area contributed by atoms with Crippen LogP contribution in [0.15, 0.2) is 18.3 Å². The minimum absolute atomic E-state index is 0.00508. The summed E-state index contributed by atoms with van der Waals surface area (Å²) in [7, 11) is 0. The van der Waals surface area contributed by atoms with Crippen LogP contribution in [-0.2, 0) is 11.3 Å². The fraction of sp³-hybridized carbons (Fsp3) is 0.500. The molecule has 0 saturated carbocycles. The van der Waals surface area contributed by atoms with Crippen molar-refractivity contribution < 1.29 is 9.84 Å². The quantitative estimate of drug-likeness (QED) is 0.708. The second-order valence-electron chi connectivity index (χ2n) is 3.32. The number of hydrogen-bond acceptors (Lipinski definition) is 4. The zero-order chi connectivity index (χ0) is 9.80. The predicted molar refractivity (Wildman–Crippen MR) is 51.7 cm³/mol. The third-order valence-corrected chi connectivity index (χ3v) is 2.33. The summed E-state index contributed by atoms with van der Waals surface area (Å²) in [5, 5.41) is 12.2. The molecule has 14 heavy (non-hydrogen) atoms. The molecule has 1 fully saturated rings. The molecule has 1 aromatic heterocycles. The molecule has 4 nitrogen and oxygen atoms in total. The van der Waals surface area contributed by atoms with Crippen LogP contribution in [0.2, 0.25) is 0 Å². The summed E-state index contributed by atoms with van der Waals surface area (Å²) >= 11 is 0. The molecule has 0 bridgehead atoms. The average molecular weight is 194 g/mol. The third-order valence-electron chi connectivity index (χ3n) is 2.33. The van der Waals surface area contributed by atoms with E-state index in [1.807, 2.05) is 12.1 Å². The lowest BCUT2D eigenvalue weighted by molar-refractivity contribution is 0.0767. The maximum absolute atomic E-state index is 8.84. The van der Waals surface area contributed by atoms with Crippen LogP contribution in [0, 0.1) is 0 Å². The molecule has 4 heteroatoms. The Morgan fingerprint density at radius 3 is 3.07 bits per heavy atom. The molecule has 0 spiro atoms. The second kappa shape index (κ2) is 4.50. The van der Waals surface area contributed by atoms with Crippen LogP contribution in [0.3, 0.4) is 0 Å². The first kappa shape index (κ1) is 9.58. The number of ether oxygens (including phenoxy) is 1. The fourth-order valence-corrected chi connectivity index (χ4v) is 1.52. The summed E-state index contributed by atoms with van der Waals surface area (Å²) in [5.41, 5.74) is 1.81. The summed E-state index contributed by atoms with van der Waals surface area (Å²) in [6, 6.07) is 4.06. The van der Waals surface area contributed by atoms with Crippen molar-refractivity contribution in [3.05, 3.63) is 29.6 Å². The normalized spacial score (nSPS) is 22.2. The van der Waals surface area contributed by atoms with Gasteiger partial charge in [0.1, 0.15) is 0 Å². The van der Waals surface area contributed by atoms with Crippen molar-refractivity contribution in [2.45, 2.75) is 12.6 Å². The van der Waals surface area contributed by atoms with E-state index in [-0.39, 0.29) is 12.6 Å². The Hall–Kier alpha value is -0.970. The van der Waals surface area contributed by atoms with Crippen molar-refractivity contribution in [2.75, 3.05) is 19.8 Å².